The highest BCUT2D eigenvalue weighted by Crippen LogP contribution is 2.31. The van der Waals surface area contributed by atoms with Gasteiger partial charge in [0, 0.05) is 31.4 Å². The van der Waals surface area contributed by atoms with Crippen LogP contribution in [0.25, 0.3) is 0 Å². The summed E-state index contributed by atoms with van der Waals surface area (Å²) in [6, 6.07) is 0.343. The molecule has 126 valence electrons. The van der Waals surface area contributed by atoms with E-state index in [1.165, 1.54) is 36.8 Å². The number of amides is 1. The maximum atomic E-state index is 12.2. The number of allylic oxidation sites excluding steroid dienone is 1. The lowest BCUT2D eigenvalue weighted by Gasteiger charge is -2.23. The van der Waals surface area contributed by atoms with E-state index >= 15 is 0 Å². The Bertz CT molecular complexity index is 563. The van der Waals surface area contributed by atoms with Crippen molar-refractivity contribution in [2.75, 3.05) is 19.6 Å². The van der Waals surface area contributed by atoms with Crippen molar-refractivity contribution in [3.05, 3.63) is 29.6 Å². The molecule has 23 heavy (non-hydrogen) atoms. The van der Waals surface area contributed by atoms with E-state index in [-0.39, 0.29) is 5.91 Å². The average Bonchev–Trinajstić information content (AvgIpc) is 3.17. The van der Waals surface area contributed by atoms with E-state index in [0.29, 0.717) is 12.6 Å². The third-order valence-corrected chi connectivity index (χ3v) is 4.97. The van der Waals surface area contributed by atoms with Gasteiger partial charge in [-0.2, -0.15) is 5.10 Å². The predicted molar refractivity (Wildman–Crippen MR) is 90.9 cm³/mol. The molecule has 3 rings (SSSR count). The summed E-state index contributed by atoms with van der Waals surface area (Å²) in [7, 11) is 1.94. The highest BCUT2D eigenvalue weighted by Gasteiger charge is 2.28. The second kappa shape index (κ2) is 7.77. The van der Waals surface area contributed by atoms with Crippen LogP contribution in [-0.4, -0.2) is 40.2 Å². The number of rotatable bonds is 6. The average molecular weight is 316 g/mol. The van der Waals surface area contributed by atoms with Crippen molar-refractivity contribution in [1.29, 1.82) is 0 Å². The summed E-state index contributed by atoms with van der Waals surface area (Å²) in [5.74, 6) is 0.150. The maximum Gasteiger partial charge on any atom is 0.234 e. The van der Waals surface area contributed by atoms with Crippen molar-refractivity contribution >= 4 is 5.91 Å². The van der Waals surface area contributed by atoms with Crippen LogP contribution in [0, 0.1) is 0 Å². The van der Waals surface area contributed by atoms with Gasteiger partial charge in [-0.3, -0.25) is 14.4 Å². The van der Waals surface area contributed by atoms with Crippen molar-refractivity contribution in [2.45, 2.75) is 51.0 Å². The van der Waals surface area contributed by atoms with E-state index < -0.39 is 0 Å². The summed E-state index contributed by atoms with van der Waals surface area (Å²) in [6.07, 6.45) is 14.7. The standard InChI is InChI=1S/C18H28N4O/c1-21-13-16(12-20-21)17-8-5-11-22(17)14-18(23)19-10-9-15-6-3-2-4-7-15/h6,12-13,17H,2-5,7-11,14H2,1H3,(H,19,23). The SMILES string of the molecule is Cn1cc(C2CCCN2CC(=O)NCCC2=CCCCC2)cn1. The number of carbonyl (C=O) groups is 1. The normalized spacial score (nSPS) is 22.1. The van der Waals surface area contributed by atoms with Gasteiger partial charge in [0.25, 0.3) is 0 Å². The Morgan fingerprint density at radius 3 is 3.04 bits per heavy atom. The Hall–Kier alpha value is -1.62. The minimum absolute atomic E-state index is 0.150. The third-order valence-electron chi connectivity index (χ3n) is 4.97. The van der Waals surface area contributed by atoms with Crippen LogP contribution in [0.3, 0.4) is 0 Å². The first-order valence-corrected chi connectivity index (χ1v) is 8.89. The molecule has 1 aliphatic carbocycles. The van der Waals surface area contributed by atoms with Crippen LogP contribution >= 0.6 is 0 Å². The molecule has 1 amide bonds. The molecular formula is C18H28N4O. The van der Waals surface area contributed by atoms with E-state index in [2.05, 4.69) is 27.6 Å². The molecule has 1 unspecified atom stereocenters. The zero-order valence-electron chi connectivity index (χ0n) is 14.1. The van der Waals surface area contributed by atoms with Crippen molar-refractivity contribution in [2.24, 2.45) is 7.05 Å². The highest BCUT2D eigenvalue weighted by molar-refractivity contribution is 5.78. The number of nitrogens with one attached hydrogen (secondary N) is 1. The van der Waals surface area contributed by atoms with Gasteiger partial charge in [0.15, 0.2) is 0 Å². The van der Waals surface area contributed by atoms with Gasteiger partial charge in [-0.15, -0.1) is 0 Å². The Morgan fingerprint density at radius 2 is 2.30 bits per heavy atom. The fourth-order valence-electron chi connectivity index (χ4n) is 3.74. The van der Waals surface area contributed by atoms with Crippen molar-refractivity contribution in [3.8, 4) is 0 Å². The van der Waals surface area contributed by atoms with Crippen LogP contribution < -0.4 is 5.32 Å². The molecule has 5 heteroatoms. The fourth-order valence-corrected chi connectivity index (χ4v) is 3.74. The Balaban J connectivity index is 1.44. The number of aromatic nitrogens is 2. The van der Waals surface area contributed by atoms with Crippen molar-refractivity contribution < 1.29 is 4.79 Å². The smallest absolute Gasteiger partial charge is 0.234 e. The van der Waals surface area contributed by atoms with E-state index in [0.717, 1.165) is 32.4 Å². The van der Waals surface area contributed by atoms with Gasteiger partial charge >= 0.3 is 0 Å². The highest BCUT2D eigenvalue weighted by atomic mass is 16.2. The minimum Gasteiger partial charge on any atom is -0.355 e. The molecule has 1 fully saturated rings. The van der Waals surface area contributed by atoms with Crippen LogP contribution in [0.4, 0.5) is 0 Å². The number of carbonyl (C=O) groups excluding carboxylic acids is 1. The molecule has 2 heterocycles. The molecular weight excluding hydrogens is 288 g/mol. The van der Waals surface area contributed by atoms with E-state index in [1.54, 1.807) is 0 Å². The van der Waals surface area contributed by atoms with Gasteiger partial charge in [-0.25, -0.2) is 0 Å². The van der Waals surface area contributed by atoms with Crippen molar-refractivity contribution in [1.82, 2.24) is 20.0 Å². The first kappa shape index (κ1) is 16.2. The molecule has 0 spiro atoms. The van der Waals surface area contributed by atoms with Gasteiger partial charge in [0.2, 0.25) is 5.91 Å². The van der Waals surface area contributed by atoms with Crippen LogP contribution in [0.5, 0.6) is 0 Å². The number of hydrogen-bond acceptors (Lipinski definition) is 3. The molecule has 1 aromatic heterocycles. The monoisotopic (exact) mass is 316 g/mol. The quantitative estimate of drug-likeness (QED) is 0.821. The largest absolute Gasteiger partial charge is 0.355 e. The van der Waals surface area contributed by atoms with Gasteiger partial charge in [0.05, 0.1) is 12.7 Å². The van der Waals surface area contributed by atoms with Crippen LogP contribution in [0.15, 0.2) is 24.0 Å². The van der Waals surface area contributed by atoms with Gasteiger partial charge < -0.3 is 5.32 Å². The van der Waals surface area contributed by atoms with E-state index in [1.807, 2.05) is 17.9 Å². The zero-order chi connectivity index (χ0) is 16.1. The molecule has 1 saturated heterocycles. The first-order chi connectivity index (χ1) is 11.2. The molecule has 0 aromatic carbocycles. The summed E-state index contributed by atoms with van der Waals surface area (Å²) >= 11 is 0. The third kappa shape index (κ3) is 4.44. The topological polar surface area (TPSA) is 50.2 Å². The van der Waals surface area contributed by atoms with Gasteiger partial charge in [-0.05, 0) is 51.5 Å². The summed E-state index contributed by atoms with van der Waals surface area (Å²) in [4.78, 5) is 14.5. The second-order valence-electron chi connectivity index (χ2n) is 6.78. The molecule has 0 bridgehead atoms. The predicted octanol–water partition coefficient (Wildman–Crippen LogP) is 2.56. The summed E-state index contributed by atoms with van der Waals surface area (Å²) in [5.41, 5.74) is 2.75. The fraction of sp³-hybridized carbons (Fsp3) is 0.667. The lowest BCUT2D eigenvalue weighted by molar-refractivity contribution is -0.122. The van der Waals surface area contributed by atoms with Crippen molar-refractivity contribution in [3.63, 3.8) is 0 Å². The Kier molecular flexibility index (Phi) is 5.49. The summed E-state index contributed by atoms with van der Waals surface area (Å²) < 4.78 is 1.84. The Labute approximate surface area is 138 Å². The summed E-state index contributed by atoms with van der Waals surface area (Å²) in [5, 5.41) is 7.35. The van der Waals surface area contributed by atoms with Crippen LogP contribution in [0.1, 0.15) is 56.6 Å². The van der Waals surface area contributed by atoms with Crippen LogP contribution in [-0.2, 0) is 11.8 Å². The lowest BCUT2D eigenvalue weighted by atomic mass is 9.97. The number of nitrogens with zero attached hydrogens (tertiary/aromatic N) is 3. The first-order valence-electron chi connectivity index (χ1n) is 8.89. The van der Waals surface area contributed by atoms with Crippen LogP contribution in [0.2, 0.25) is 0 Å². The van der Waals surface area contributed by atoms with E-state index in [4.69, 9.17) is 0 Å². The molecule has 1 N–H and O–H groups in total. The number of likely N-dealkylation sites (tertiary alicyclic amines) is 1. The minimum atomic E-state index is 0.150. The molecule has 1 atom stereocenters. The van der Waals surface area contributed by atoms with Gasteiger partial charge in [-0.1, -0.05) is 11.6 Å². The van der Waals surface area contributed by atoms with E-state index in [9.17, 15) is 4.79 Å². The lowest BCUT2D eigenvalue weighted by Crippen LogP contribution is -2.37. The maximum absolute atomic E-state index is 12.2. The molecule has 2 aliphatic rings. The molecule has 5 nitrogen and oxygen atoms in total. The molecule has 0 radical (unpaired) electrons. The molecule has 0 saturated carbocycles. The molecule has 1 aromatic rings. The second-order valence-corrected chi connectivity index (χ2v) is 6.78. The Morgan fingerprint density at radius 1 is 1.39 bits per heavy atom. The van der Waals surface area contributed by atoms with Gasteiger partial charge in [0.1, 0.15) is 0 Å². The number of aryl methyl sites for hydroxylation is 1. The zero-order valence-corrected chi connectivity index (χ0v) is 14.1. The number of hydrogen-bond donors (Lipinski definition) is 1. The molecule has 1 aliphatic heterocycles. The summed E-state index contributed by atoms with van der Waals surface area (Å²) in [6.45, 7) is 2.27.